The van der Waals surface area contributed by atoms with E-state index < -0.39 is 23.9 Å². The molecule has 0 saturated carbocycles. The van der Waals surface area contributed by atoms with E-state index in [4.69, 9.17) is 35.1 Å². The molecular weight excluding hydrogens is 1460 g/mol. The molecule has 115 heavy (non-hydrogen) atoms. The molecule has 0 spiro atoms. The lowest BCUT2D eigenvalue weighted by Gasteiger charge is -2.07. The number of carbonyl (C=O) groups excluding carboxylic acids is 8. The highest BCUT2D eigenvalue weighted by atomic mass is 16.5. The third-order valence-electron chi connectivity index (χ3n) is 20.9. The second-order valence-corrected chi connectivity index (χ2v) is 28.5. The van der Waals surface area contributed by atoms with E-state index in [-0.39, 0.29) is 145 Å². The van der Waals surface area contributed by atoms with Gasteiger partial charge in [-0.15, -0.1) is 0 Å². The summed E-state index contributed by atoms with van der Waals surface area (Å²) in [6.07, 6.45) is 9.62. The maximum absolute atomic E-state index is 13.2. The quantitative estimate of drug-likeness (QED) is 0.0143. The number of nitrogens with two attached hydrogens (primary N) is 1. The number of aromatic amines is 4. The average molecular weight is 1560 g/mol. The molecule has 24 nitrogen and oxygen atoms in total. The minimum absolute atomic E-state index is 0.000590. The monoisotopic (exact) mass is 1560 g/mol. The number of aliphatic carboxylic acids is 2. The van der Waals surface area contributed by atoms with Gasteiger partial charge in [-0.05, 0) is 217 Å². The van der Waals surface area contributed by atoms with Crippen molar-refractivity contribution in [3.63, 3.8) is 0 Å². The molecule has 16 bridgehead atoms. The summed E-state index contributed by atoms with van der Waals surface area (Å²) in [5.74, 6) is -3.55. The normalized spacial score (nSPS) is 12.3. The van der Waals surface area contributed by atoms with Gasteiger partial charge >= 0.3 is 29.8 Å². The maximum Gasteiger partial charge on any atom is 0.306 e. The number of esters is 3. The number of aromatic nitrogens is 8. The van der Waals surface area contributed by atoms with Gasteiger partial charge in [0.2, 0.25) is 0 Å². The molecule has 4 aliphatic heterocycles. The first kappa shape index (κ1) is 88.4. The van der Waals surface area contributed by atoms with Gasteiger partial charge in [0.05, 0.1) is 91.2 Å². The van der Waals surface area contributed by atoms with Crippen molar-refractivity contribution >= 4 is 172 Å². The Kier molecular flexibility index (Phi) is 31.5. The van der Waals surface area contributed by atoms with E-state index in [1.54, 1.807) is 20.8 Å². The second kappa shape index (κ2) is 41.0. The number of ketones is 5. The minimum Gasteiger partial charge on any atom is -0.481 e. The number of allylic oxidation sites excluding steroid dienone is 8. The Morgan fingerprint density at radius 2 is 0.548 bits per heavy atom. The van der Waals surface area contributed by atoms with Gasteiger partial charge in [-0.3, -0.25) is 47.9 Å². The smallest absolute Gasteiger partial charge is 0.306 e. The number of hydrogen-bond donors (Lipinski definition) is 7. The summed E-state index contributed by atoms with van der Waals surface area (Å²) in [7, 11) is 0. The number of carboxylic acids is 2. The van der Waals surface area contributed by atoms with Gasteiger partial charge in [0.25, 0.3) is 0 Å². The molecule has 0 radical (unpaired) electrons. The molecule has 0 aromatic carbocycles. The Bertz CT molecular complexity index is 5430. The van der Waals surface area contributed by atoms with Crippen LogP contribution in [0.25, 0.3) is 113 Å². The Hall–Kier alpha value is -12.2. The molecule has 604 valence electrons. The highest BCUT2D eigenvalue weighted by Gasteiger charge is 2.27. The molecule has 4 aliphatic rings. The highest BCUT2D eigenvalue weighted by molar-refractivity contribution is 6.01. The van der Waals surface area contributed by atoms with Crippen LogP contribution in [0.5, 0.6) is 0 Å². The zero-order valence-corrected chi connectivity index (χ0v) is 67.9. The standard InChI is InChI=1S/C50H58N4O8.C34H34N4O4.C7H13NO3/c1-9-37-29(5)41-25-42-31(7)39(21-17-33(55)13-15-35(57)19-23-49(59)61-11-3)47(53-42)28-48-40(22-18-34(56)14-16-36(58)20-24-50(60)62-12-4)32(8)44(54-48)27-46-38(10-2)30(6)43(52-46)26-45(37)51-41;1-7-21-17(3)25-13-26-19(5)23(9-11-33(39)40)31(37-26)16-32-24(10-12-34(41)42)20(6)28(38-32)15-30-22(8-2)18(4)27(36-30)14-29(21)35-25;1-2-11-7(10)4-3-6(9)5-8/h9-10,25-28,51-52H,1-2,11-24H2,3-8H3;7-8,13-16,35-36H,1-2,9-12H2,3-6H3,(H,39,40)(H,41,42);2-5,8H2,1H3. The first-order chi connectivity index (χ1) is 54.9. The maximum atomic E-state index is 13.2. The number of Topliss-reactive ketones (excluding diaryl/α,β-unsaturated/α-hetero) is 5. The van der Waals surface area contributed by atoms with E-state index in [2.05, 4.69) is 63.1 Å². The molecule has 6 aromatic heterocycles. The molecule has 10 rings (SSSR count). The van der Waals surface area contributed by atoms with E-state index in [9.17, 15) is 58.2 Å². The van der Waals surface area contributed by atoms with Crippen molar-refractivity contribution in [1.29, 1.82) is 0 Å². The zero-order chi connectivity index (χ0) is 84.1. The number of ether oxygens (including phenoxy) is 3. The van der Waals surface area contributed by atoms with Crippen molar-refractivity contribution in [3.05, 3.63) is 165 Å². The predicted octanol–water partition coefficient (Wildman–Crippen LogP) is 17.8. The third-order valence-corrected chi connectivity index (χ3v) is 20.9. The average Bonchev–Trinajstić information content (AvgIpc) is 1.62. The lowest BCUT2D eigenvalue weighted by molar-refractivity contribution is -0.144. The first-order valence-corrected chi connectivity index (χ1v) is 38.9. The second-order valence-electron chi connectivity index (χ2n) is 28.5. The van der Waals surface area contributed by atoms with Crippen LogP contribution in [0.4, 0.5) is 0 Å². The van der Waals surface area contributed by atoms with Crippen LogP contribution in [0.2, 0.25) is 0 Å². The van der Waals surface area contributed by atoms with Crippen LogP contribution in [0, 0.1) is 27.7 Å². The number of hydrogen-bond acceptors (Lipinski definition) is 18. The SMILES string of the molecule is C=Cc1c(C)c2cc3[nH]c(cc4nc(cc5nc(cc1[nH]2)C(C)=C5CCC(=O)CCC(=O)CCC(=O)OCC)C(CCC(=O)CCC(=O)CCC(=O)OCC)=C4C)c(C)c3C=C.C=Cc1c(C)c2cc3[nH]c(cc4nc(cc5nc(cc1[nH]2)C(C)=C5CCC(=O)O)C(CCC(=O)O)=C4C)c(C)c3C=C.CCOC(=O)CCC(=O)CN. The topological polar surface area (TPSA) is 380 Å². The Balaban J connectivity index is 0.000000267. The molecule has 0 saturated heterocycles. The Labute approximate surface area is 669 Å². The van der Waals surface area contributed by atoms with Gasteiger partial charge in [0.1, 0.15) is 28.9 Å². The summed E-state index contributed by atoms with van der Waals surface area (Å²) >= 11 is 0. The number of fused-ring (bicyclic) bond motifs is 16. The van der Waals surface area contributed by atoms with Gasteiger partial charge in [-0.1, -0.05) is 50.6 Å². The number of carbonyl (C=O) groups is 10. The largest absolute Gasteiger partial charge is 0.481 e. The first-order valence-electron chi connectivity index (χ1n) is 38.9. The molecule has 0 amide bonds. The van der Waals surface area contributed by atoms with Crippen LogP contribution in [-0.2, 0) is 62.2 Å². The summed E-state index contributed by atoms with van der Waals surface area (Å²) in [5.41, 5.74) is 32.3. The van der Waals surface area contributed by atoms with Crippen LogP contribution in [0.15, 0.2) is 74.8 Å². The summed E-state index contributed by atoms with van der Waals surface area (Å²) in [5, 5.41) is 18.9. The van der Waals surface area contributed by atoms with Crippen LogP contribution in [0.1, 0.15) is 254 Å². The number of carboxylic acid groups (broad SMARTS) is 2. The molecule has 0 unspecified atom stereocenters. The summed E-state index contributed by atoms with van der Waals surface area (Å²) < 4.78 is 14.4. The van der Waals surface area contributed by atoms with Crippen molar-refractivity contribution in [2.75, 3.05) is 26.4 Å². The van der Waals surface area contributed by atoms with Crippen LogP contribution >= 0.6 is 0 Å². The molecule has 0 atom stereocenters. The number of rotatable bonds is 35. The summed E-state index contributed by atoms with van der Waals surface area (Å²) in [6, 6.07) is 15.9. The molecule has 6 aromatic rings. The number of nitrogens with one attached hydrogen (secondary N) is 4. The van der Waals surface area contributed by atoms with Gasteiger partial charge in [0.15, 0.2) is 0 Å². The highest BCUT2D eigenvalue weighted by Crippen LogP contribution is 2.41. The van der Waals surface area contributed by atoms with E-state index in [1.807, 2.05) is 116 Å². The molecule has 8 N–H and O–H groups in total. The van der Waals surface area contributed by atoms with E-state index in [0.717, 1.165) is 150 Å². The number of nitrogens with zero attached hydrogens (tertiary/aromatic N) is 4. The lowest BCUT2D eigenvalue weighted by Crippen LogP contribution is -2.15. The zero-order valence-electron chi connectivity index (χ0n) is 67.9. The summed E-state index contributed by atoms with van der Waals surface area (Å²) in [6.45, 7) is 38.3. The Morgan fingerprint density at radius 3 is 0.800 bits per heavy atom. The molecule has 0 fully saturated rings. The van der Waals surface area contributed by atoms with Crippen LogP contribution in [0.3, 0.4) is 0 Å². The predicted molar refractivity (Wildman–Crippen MR) is 454 cm³/mol. The number of H-pyrrole nitrogens is 4. The number of aryl methyl sites for hydroxylation is 4. The van der Waals surface area contributed by atoms with Crippen LogP contribution < -0.4 is 5.73 Å². The van der Waals surface area contributed by atoms with Crippen molar-refractivity contribution in [2.24, 2.45) is 5.73 Å². The van der Waals surface area contributed by atoms with E-state index in [0.29, 0.717) is 60.8 Å². The van der Waals surface area contributed by atoms with Crippen molar-refractivity contribution in [3.8, 4) is 0 Å². The van der Waals surface area contributed by atoms with Crippen molar-refractivity contribution in [2.45, 2.75) is 192 Å². The summed E-state index contributed by atoms with van der Waals surface area (Å²) in [4.78, 5) is 154. The van der Waals surface area contributed by atoms with Gasteiger partial charge in [-0.25, -0.2) is 19.9 Å². The van der Waals surface area contributed by atoms with Gasteiger partial charge in [-0.2, -0.15) is 0 Å². The lowest BCUT2D eigenvalue weighted by atomic mass is 9.95. The van der Waals surface area contributed by atoms with E-state index in [1.165, 1.54) is 0 Å². The molecule has 24 heteroatoms. The van der Waals surface area contributed by atoms with E-state index >= 15 is 0 Å². The Morgan fingerprint density at radius 1 is 0.322 bits per heavy atom. The third kappa shape index (κ3) is 22.6. The fourth-order valence-electron chi connectivity index (χ4n) is 14.2. The fourth-order valence-corrected chi connectivity index (χ4v) is 14.2. The molecular formula is C91H105N9O15. The van der Waals surface area contributed by atoms with Gasteiger partial charge in [0, 0.05) is 137 Å². The van der Waals surface area contributed by atoms with Crippen molar-refractivity contribution in [1.82, 2.24) is 39.9 Å². The van der Waals surface area contributed by atoms with Gasteiger partial charge < -0.3 is 50.1 Å². The fraction of sp³-hybridized carbons (Fsp3) is 0.363. The minimum atomic E-state index is -0.889. The van der Waals surface area contributed by atoms with Crippen molar-refractivity contribution < 1.29 is 72.4 Å². The van der Waals surface area contributed by atoms with Crippen LogP contribution in [-0.4, -0.2) is 135 Å². The molecule has 0 aliphatic carbocycles. The molecule has 10 heterocycles.